The number of ether oxygens (including phenoxy) is 1. The molecule has 0 spiro atoms. The van der Waals surface area contributed by atoms with E-state index in [0.717, 1.165) is 5.56 Å². The summed E-state index contributed by atoms with van der Waals surface area (Å²) in [6, 6.07) is 18.3. The molecule has 2 rings (SSSR count). The van der Waals surface area contributed by atoms with Gasteiger partial charge in [-0.2, -0.15) is 0 Å². The molecule has 0 atom stereocenters. The fraction of sp³-hybridized carbons (Fsp3) is 0.111. The Balaban J connectivity index is 2.24. The van der Waals surface area contributed by atoms with Crippen LogP contribution in [0.5, 0.6) is 0 Å². The Bertz CT molecular complexity index is 643. The Morgan fingerprint density at radius 3 is 2.10 bits per heavy atom. The van der Waals surface area contributed by atoms with Crippen LogP contribution in [0.2, 0.25) is 0 Å². The zero-order valence-electron chi connectivity index (χ0n) is 11.8. The molecule has 2 aromatic rings. The molecule has 0 aromatic heterocycles. The van der Waals surface area contributed by atoms with Crippen molar-refractivity contribution >= 4 is 17.8 Å². The quantitative estimate of drug-likeness (QED) is 0.478. The third-order valence-corrected chi connectivity index (χ3v) is 3.03. The van der Waals surface area contributed by atoms with Gasteiger partial charge in [-0.05, 0) is 11.6 Å². The van der Waals surface area contributed by atoms with Gasteiger partial charge in [0.25, 0.3) is 0 Å². The van der Waals surface area contributed by atoms with E-state index in [1.807, 2.05) is 36.4 Å². The third kappa shape index (κ3) is 4.14. The Labute approximate surface area is 123 Å². The molecule has 0 N–H and O–H groups in total. The first kappa shape index (κ1) is 14.7. The van der Waals surface area contributed by atoms with Gasteiger partial charge in [0, 0.05) is 17.6 Å². The second kappa shape index (κ2) is 7.20. The fourth-order valence-electron chi connectivity index (χ4n) is 1.96. The summed E-state index contributed by atoms with van der Waals surface area (Å²) in [5.41, 5.74) is 1.79. The molecule has 0 unspecified atom stereocenters. The second-order valence-electron chi connectivity index (χ2n) is 4.54. The summed E-state index contributed by atoms with van der Waals surface area (Å²) >= 11 is 0. The number of carbonyl (C=O) groups excluding carboxylic acids is 2. The van der Waals surface area contributed by atoms with E-state index >= 15 is 0 Å². The van der Waals surface area contributed by atoms with Gasteiger partial charge in [0.05, 0.1) is 7.11 Å². The van der Waals surface area contributed by atoms with Crippen molar-refractivity contribution in [2.24, 2.45) is 0 Å². The van der Waals surface area contributed by atoms with E-state index in [0.29, 0.717) is 11.1 Å². The summed E-state index contributed by atoms with van der Waals surface area (Å²) in [7, 11) is 1.31. The van der Waals surface area contributed by atoms with Gasteiger partial charge in [-0.15, -0.1) is 0 Å². The van der Waals surface area contributed by atoms with Crippen molar-refractivity contribution in [3.8, 4) is 0 Å². The lowest BCUT2D eigenvalue weighted by Crippen LogP contribution is -2.10. The molecule has 0 aliphatic heterocycles. The summed E-state index contributed by atoms with van der Waals surface area (Å²) in [6.45, 7) is 0. The zero-order valence-corrected chi connectivity index (χ0v) is 11.8. The van der Waals surface area contributed by atoms with Gasteiger partial charge >= 0.3 is 5.97 Å². The maximum absolute atomic E-state index is 12.2. The van der Waals surface area contributed by atoms with Crippen LogP contribution in [0.1, 0.15) is 22.3 Å². The molecule has 0 amide bonds. The Hall–Kier alpha value is -2.68. The van der Waals surface area contributed by atoms with E-state index in [2.05, 4.69) is 0 Å². The number of esters is 1. The molecule has 2 aromatic carbocycles. The molecule has 0 saturated carbocycles. The number of rotatable bonds is 5. The Morgan fingerprint density at radius 1 is 0.952 bits per heavy atom. The van der Waals surface area contributed by atoms with Gasteiger partial charge in [-0.25, -0.2) is 4.79 Å². The number of carbonyl (C=O) groups is 2. The Morgan fingerprint density at radius 2 is 1.52 bits per heavy atom. The molecule has 106 valence electrons. The van der Waals surface area contributed by atoms with Crippen molar-refractivity contribution in [1.82, 2.24) is 0 Å². The summed E-state index contributed by atoms with van der Waals surface area (Å²) in [5.74, 6) is -0.591. The molecule has 21 heavy (non-hydrogen) atoms. The van der Waals surface area contributed by atoms with Crippen LogP contribution < -0.4 is 0 Å². The number of ketones is 1. The summed E-state index contributed by atoms with van der Waals surface area (Å²) in [6.07, 6.45) is 1.71. The molecule has 0 radical (unpaired) electrons. The van der Waals surface area contributed by atoms with E-state index in [4.69, 9.17) is 4.74 Å². The van der Waals surface area contributed by atoms with Crippen LogP contribution in [0.25, 0.3) is 6.08 Å². The first-order valence-corrected chi connectivity index (χ1v) is 6.63. The van der Waals surface area contributed by atoms with Crippen LogP contribution in [0.4, 0.5) is 0 Å². The summed E-state index contributed by atoms with van der Waals surface area (Å²) in [4.78, 5) is 24.1. The smallest absolute Gasteiger partial charge is 0.334 e. The van der Waals surface area contributed by atoms with Crippen molar-refractivity contribution in [2.45, 2.75) is 6.42 Å². The minimum Gasteiger partial charge on any atom is -0.466 e. The molecule has 0 saturated heterocycles. The molecule has 0 fully saturated rings. The topological polar surface area (TPSA) is 43.4 Å². The average Bonchev–Trinajstić information content (AvgIpc) is 2.55. The predicted octanol–water partition coefficient (Wildman–Crippen LogP) is 3.52. The summed E-state index contributed by atoms with van der Waals surface area (Å²) < 4.78 is 4.76. The molecule has 3 nitrogen and oxygen atoms in total. The highest BCUT2D eigenvalue weighted by Gasteiger charge is 2.15. The maximum atomic E-state index is 12.2. The highest BCUT2D eigenvalue weighted by molar-refractivity contribution is 6.05. The first-order chi connectivity index (χ1) is 10.2. The van der Waals surface area contributed by atoms with Crippen molar-refractivity contribution in [2.75, 3.05) is 7.11 Å². The highest BCUT2D eigenvalue weighted by Crippen LogP contribution is 2.15. The molecular weight excluding hydrogens is 264 g/mol. The normalized spacial score (nSPS) is 11.0. The van der Waals surface area contributed by atoms with E-state index in [1.165, 1.54) is 7.11 Å². The van der Waals surface area contributed by atoms with Gasteiger partial charge in [0.2, 0.25) is 0 Å². The lowest BCUT2D eigenvalue weighted by atomic mass is 10.0. The zero-order chi connectivity index (χ0) is 15.1. The SMILES string of the molecule is COC(=O)/C(=C/c1ccccc1)CC(=O)c1ccccc1. The maximum Gasteiger partial charge on any atom is 0.334 e. The minimum atomic E-state index is -0.483. The molecule has 0 heterocycles. The lowest BCUT2D eigenvalue weighted by Gasteiger charge is -2.05. The monoisotopic (exact) mass is 280 g/mol. The van der Waals surface area contributed by atoms with Crippen LogP contribution in [0, 0.1) is 0 Å². The van der Waals surface area contributed by atoms with E-state index in [9.17, 15) is 9.59 Å². The number of hydrogen-bond donors (Lipinski definition) is 0. The van der Waals surface area contributed by atoms with Crippen molar-refractivity contribution < 1.29 is 14.3 Å². The molecule has 3 heteroatoms. The minimum absolute atomic E-state index is 0.0194. The Kier molecular flexibility index (Phi) is 5.04. The van der Waals surface area contributed by atoms with Gasteiger partial charge in [-0.1, -0.05) is 60.7 Å². The molecular formula is C18H16O3. The van der Waals surface area contributed by atoms with Crippen molar-refractivity contribution in [1.29, 1.82) is 0 Å². The standard InChI is InChI=1S/C18H16O3/c1-21-18(20)16(12-14-8-4-2-5-9-14)13-17(19)15-10-6-3-7-11-15/h2-12H,13H2,1H3/b16-12+. The van der Waals surface area contributed by atoms with E-state index < -0.39 is 5.97 Å². The van der Waals surface area contributed by atoms with Gasteiger partial charge < -0.3 is 4.74 Å². The van der Waals surface area contributed by atoms with Gasteiger partial charge in [0.1, 0.15) is 0 Å². The van der Waals surface area contributed by atoms with Crippen molar-refractivity contribution in [3.05, 3.63) is 77.4 Å². The third-order valence-electron chi connectivity index (χ3n) is 3.03. The fourth-order valence-corrected chi connectivity index (χ4v) is 1.96. The lowest BCUT2D eigenvalue weighted by molar-refractivity contribution is -0.136. The van der Waals surface area contributed by atoms with Gasteiger partial charge in [-0.3, -0.25) is 4.79 Å². The van der Waals surface area contributed by atoms with Gasteiger partial charge in [0.15, 0.2) is 5.78 Å². The van der Waals surface area contributed by atoms with Crippen molar-refractivity contribution in [3.63, 3.8) is 0 Å². The summed E-state index contributed by atoms with van der Waals surface area (Å²) in [5, 5.41) is 0. The molecule has 0 aliphatic carbocycles. The largest absolute Gasteiger partial charge is 0.466 e. The number of hydrogen-bond acceptors (Lipinski definition) is 3. The van der Waals surface area contributed by atoms with Crippen LogP contribution in [0.3, 0.4) is 0 Å². The van der Waals surface area contributed by atoms with E-state index in [-0.39, 0.29) is 12.2 Å². The highest BCUT2D eigenvalue weighted by atomic mass is 16.5. The van der Waals surface area contributed by atoms with Crippen LogP contribution in [-0.4, -0.2) is 18.9 Å². The number of benzene rings is 2. The van der Waals surface area contributed by atoms with Crippen LogP contribution >= 0.6 is 0 Å². The molecule has 0 aliphatic rings. The first-order valence-electron chi connectivity index (χ1n) is 6.63. The van der Waals surface area contributed by atoms with E-state index in [1.54, 1.807) is 30.3 Å². The number of Topliss-reactive ketones (excluding diaryl/α,β-unsaturated/α-hetero) is 1. The predicted molar refractivity (Wildman–Crippen MR) is 81.8 cm³/mol. The molecule has 0 bridgehead atoms. The number of methoxy groups -OCH3 is 1. The van der Waals surface area contributed by atoms with Crippen LogP contribution in [0.15, 0.2) is 66.2 Å². The second-order valence-corrected chi connectivity index (χ2v) is 4.54. The average molecular weight is 280 g/mol. The van der Waals surface area contributed by atoms with Crippen LogP contribution in [-0.2, 0) is 9.53 Å².